The van der Waals surface area contributed by atoms with Gasteiger partial charge in [0.15, 0.2) is 5.96 Å². The molecule has 1 aromatic rings. The smallest absolute Gasteiger partial charge is 0.193 e. The number of nitrogens with one attached hydrogen (secondary N) is 1. The first-order chi connectivity index (χ1) is 10.1. The molecule has 0 aliphatic rings. The lowest BCUT2D eigenvalue weighted by molar-refractivity contribution is 0.411. The number of hydrogen-bond donors (Lipinski definition) is 1. The van der Waals surface area contributed by atoms with Crippen molar-refractivity contribution in [1.82, 2.24) is 10.2 Å². The van der Waals surface area contributed by atoms with Gasteiger partial charge in [0.1, 0.15) is 5.75 Å². The summed E-state index contributed by atoms with van der Waals surface area (Å²) >= 11 is 0. The van der Waals surface area contributed by atoms with Gasteiger partial charge >= 0.3 is 0 Å². The number of unbranched alkanes of at least 4 members (excludes halogenated alkanes) is 1. The molecule has 1 rings (SSSR count). The van der Waals surface area contributed by atoms with Crippen LogP contribution in [0.3, 0.4) is 0 Å². The van der Waals surface area contributed by atoms with Crippen LogP contribution in [0.2, 0.25) is 0 Å². The third kappa shape index (κ3) is 6.68. The summed E-state index contributed by atoms with van der Waals surface area (Å²) in [5, 5.41) is 3.39. The molecule has 0 fully saturated rings. The Balaban J connectivity index is 0.00000441. The van der Waals surface area contributed by atoms with Gasteiger partial charge in [-0.2, -0.15) is 0 Å². The van der Waals surface area contributed by atoms with Gasteiger partial charge in [0.05, 0.1) is 7.11 Å². The third-order valence-electron chi connectivity index (χ3n) is 3.39. The number of aliphatic imine (C=N–C) groups is 1. The minimum Gasteiger partial charge on any atom is -0.496 e. The van der Waals surface area contributed by atoms with Crippen molar-refractivity contribution in [2.45, 2.75) is 26.3 Å². The lowest BCUT2D eigenvalue weighted by Gasteiger charge is -2.22. The summed E-state index contributed by atoms with van der Waals surface area (Å²) in [7, 11) is 5.56. The van der Waals surface area contributed by atoms with Crippen molar-refractivity contribution in [2.24, 2.45) is 4.99 Å². The molecule has 22 heavy (non-hydrogen) atoms. The highest BCUT2D eigenvalue weighted by atomic mass is 127. The zero-order valence-corrected chi connectivity index (χ0v) is 16.4. The van der Waals surface area contributed by atoms with Crippen LogP contribution < -0.4 is 10.1 Å². The quantitative estimate of drug-likeness (QED) is 0.242. The van der Waals surface area contributed by atoms with E-state index in [1.54, 1.807) is 7.11 Å². The van der Waals surface area contributed by atoms with E-state index in [9.17, 15) is 0 Å². The SMILES string of the molecule is C=CCCCN(C)C(=NC)NCc1ccc(OC)c(C)c1.I. The predicted molar refractivity (Wildman–Crippen MR) is 105 cm³/mol. The van der Waals surface area contributed by atoms with Crippen LogP contribution in [0.25, 0.3) is 0 Å². The first kappa shape index (κ1) is 20.8. The van der Waals surface area contributed by atoms with Gasteiger partial charge in [-0.15, -0.1) is 30.6 Å². The van der Waals surface area contributed by atoms with Crippen molar-refractivity contribution in [3.05, 3.63) is 42.0 Å². The van der Waals surface area contributed by atoms with E-state index in [4.69, 9.17) is 4.74 Å². The molecule has 1 aromatic carbocycles. The lowest BCUT2D eigenvalue weighted by Crippen LogP contribution is -2.38. The summed E-state index contributed by atoms with van der Waals surface area (Å²) in [4.78, 5) is 6.46. The lowest BCUT2D eigenvalue weighted by atomic mass is 10.1. The molecule has 124 valence electrons. The molecule has 0 aliphatic carbocycles. The van der Waals surface area contributed by atoms with Crippen LogP contribution in [0, 0.1) is 6.92 Å². The normalized spacial score (nSPS) is 10.6. The molecule has 0 spiro atoms. The van der Waals surface area contributed by atoms with Crippen LogP contribution in [0.1, 0.15) is 24.0 Å². The van der Waals surface area contributed by atoms with Gasteiger partial charge in [-0.3, -0.25) is 4.99 Å². The second-order valence-electron chi connectivity index (χ2n) is 5.06. The third-order valence-corrected chi connectivity index (χ3v) is 3.39. The van der Waals surface area contributed by atoms with Crippen molar-refractivity contribution in [3.8, 4) is 5.75 Å². The van der Waals surface area contributed by atoms with Crippen LogP contribution in [0.4, 0.5) is 0 Å². The minimum atomic E-state index is 0. The van der Waals surface area contributed by atoms with E-state index in [1.807, 2.05) is 19.2 Å². The number of nitrogens with zero attached hydrogens (tertiary/aromatic N) is 2. The zero-order chi connectivity index (χ0) is 15.7. The first-order valence-electron chi connectivity index (χ1n) is 7.28. The average molecular weight is 417 g/mol. The Hall–Kier alpha value is -1.24. The second kappa shape index (κ2) is 11.3. The Bertz CT molecular complexity index is 489. The number of guanidine groups is 1. The number of methoxy groups -OCH3 is 1. The van der Waals surface area contributed by atoms with Gasteiger partial charge in [0.25, 0.3) is 0 Å². The Morgan fingerprint density at radius 2 is 2.18 bits per heavy atom. The van der Waals surface area contributed by atoms with Crippen LogP contribution in [-0.4, -0.2) is 38.6 Å². The summed E-state index contributed by atoms with van der Waals surface area (Å²) in [5.41, 5.74) is 2.36. The largest absolute Gasteiger partial charge is 0.496 e. The monoisotopic (exact) mass is 417 g/mol. The van der Waals surface area contributed by atoms with E-state index in [1.165, 1.54) is 5.56 Å². The molecule has 1 N–H and O–H groups in total. The van der Waals surface area contributed by atoms with Gasteiger partial charge in [-0.05, 0) is 37.0 Å². The Morgan fingerprint density at radius 1 is 1.45 bits per heavy atom. The molecule has 0 amide bonds. The van der Waals surface area contributed by atoms with Gasteiger partial charge in [-0.1, -0.05) is 18.2 Å². The summed E-state index contributed by atoms with van der Waals surface area (Å²) < 4.78 is 5.28. The molecule has 0 atom stereocenters. The van der Waals surface area contributed by atoms with Gasteiger partial charge in [0, 0.05) is 27.2 Å². The molecule has 5 heteroatoms. The molecular weight excluding hydrogens is 389 g/mol. The van der Waals surface area contributed by atoms with Crippen LogP contribution in [0.5, 0.6) is 5.75 Å². The number of allylic oxidation sites excluding steroid dienone is 1. The molecule has 0 unspecified atom stereocenters. The molecule has 0 radical (unpaired) electrons. The van der Waals surface area contributed by atoms with Crippen LogP contribution >= 0.6 is 24.0 Å². The molecular formula is C17H28IN3O. The average Bonchev–Trinajstić information content (AvgIpc) is 2.48. The van der Waals surface area contributed by atoms with Crippen LogP contribution in [0.15, 0.2) is 35.8 Å². The maximum absolute atomic E-state index is 5.28. The summed E-state index contributed by atoms with van der Waals surface area (Å²) in [6.45, 7) is 7.52. The van der Waals surface area contributed by atoms with E-state index in [0.29, 0.717) is 0 Å². The van der Waals surface area contributed by atoms with E-state index in [2.05, 4.69) is 47.9 Å². The van der Waals surface area contributed by atoms with Crippen molar-refractivity contribution in [2.75, 3.05) is 27.7 Å². The summed E-state index contributed by atoms with van der Waals surface area (Å²) in [6.07, 6.45) is 4.06. The fraction of sp³-hybridized carbons (Fsp3) is 0.471. The highest BCUT2D eigenvalue weighted by Crippen LogP contribution is 2.18. The molecule has 0 bridgehead atoms. The second-order valence-corrected chi connectivity index (χ2v) is 5.06. The van der Waals surface area contributed by atoms with E-state index >= 15 is 0 Å². The first-order valence-corrected chi connectivity index (χ1v) is 7.28. The highest BCUT2D eigenvalue weighted by Gasteiger charge is 2.06. The maximum atomic E-state index is 5.28. The Morgan fingerprint density at radius 3 is 2.73 bits per heavy atom. The van der Waals surface area contributed by atoms with Crippen molar-refractivity contribution in [1.29, 1.82) is 0 Å². The van der Waals surface area contributed by atoms with E-state index in [-0.39, 0.29) is 24.0 Å². The fourth-order valence-corrected chi connectivity index (χ4v) is 2.20. The fourth-order valence-electron chi connectivity index (χ4n) is 2.20. The number of rotatable bonds is 7. The molecule has 0 saturated carbocycles. The molecule has 0 aromatic heterocycles. The number of halogens is 1. The van der Waals surface area contributed by atoms with Gasteiger partial charge in [-0.25, -0.2) is 0 Å². The number of aryl methyl sites for hydroxylation is 1. The number of hydrogen-bond acceptors (Lipinski definition) is 2. The van der Waals surface area contributed by atoms with Gasteiger partial charge < -0.3 is 15.0 Å². The minimum absolute atomic E-state index is 0. The highest BCUT2D eigenvalue weighted by molar-refractivity contribution is 14.0. The Kier molecular flexibility index (Phi) is 10.7. The van der Waals surface area contributed by atoms with Crippen molar-refractivity contribution >= 4 is 29.9 Å². The van der Waals surface area contributed by atoms with E-state index < -0.39 is 0 Å². The zero-order valence-electron chi connectivity index (χ0n) is 14.1. The number of ether oxygens (including phenoxy) is 1. The molecule has 0 heterocycles. The van der Waals surface area contributed by atoms with E-state index in [0.717, 1.165) is 43.2 Å². The maximum Gasteiger partial charge on any atom is 0.193 e. The molecule has 4 nitrogen and oxygen atoms in total. The van der Waals surface area contributed by atoms with Crippen molar-refractivity contribution < 1.29 is 4.74 Å². The van der Waals surface area contributed by atoms with Crippen molar-refractivity contribution in [3.63, 3.8) is 0 Å². The topological polar surface area (TPSA) is 36.9 Å². The predicted octanol–water partition coefficient (Wildman–Crippen LogP) is 3.60. The standard InChI is InChI=1S/C17H27N3O.HI/c1-6-7-8-11-20(4)17(18-3)19-13-15-9-10-16(21-5)14(2)12-15;/h6,9-10,12H,1,7-8,11,13H2,2-5H3,(H,18,19);1H. The molecule has 0 saturated heterocycles. The number of benzene rings is 1. The molecule has 0 aliphatic heterocycles. The summed E-state index contributed by atoms with van der Waals surface area (Å²) in [6, 6.07) is 6.21. The Labute approximate surface area is 151 Å². The van der Waals surface area contributed by atoms with Gasteiger partial charge in [0.2, 0.25) is 0 Å². The van der Waals surface area contributed by atoms with Crippen LogP contribution in [-0.2, 0) is 6.54 Å². The summed E-state index contributed by atoms with van der Waals surface area (Å²) in [5.74, 6) is 1.83.